The Hall–Kier alpha value is -3.12. The summed E-state index contributed by atoms with van der Waals surface area (Å²) in [6.45, 7) is 1.56. The Kier molecular flexibility index (Phi) is 6.59. The van der Waals surface area contributed by atoms with Gasteiger partial charge in [-0.05, 0) is 36.8 Å². The zero-order valence-electron chi connectivity index (χ0n) is 14.8. The molecule has 12 heteroatoms. The second-order valence-electron chi connectivity index (χ2n) is 5.25. The molecule has 9 nitrogen and oxygen atoms in total. The molecule has 2 rings (SSSR count). The summed E-state index contributed by atoms with van der Waals surface area (Å²) in [5.41, 5.74) is -0.108. The minimum absolute atomic E-state index is 0.0382. The van der Waals surface area contributed by atoms with Crippen molar-refractivity contribution in [3.8, 4) is 0 Å². The number of benzene rings is 1. The van der Waals surface area contributed by atoms with Crippen LogP contribution < -0.4 is 10.6 Å². The Bertz CT molecular complexity index is 976. The van der Waals surface area contributed by atoms with Crippen molar-refractivity contribution >= 4 is 57.0 Å². The molecular formula is C16H14FN3O6S2. The number of carbonyl (C=O) groups excluding carboxylic acids is 2. The van der Waals surface area contributed by atoms with Crippen molar-refractivity contribution < 1.29 is 28.4 Å². The number of nitrogens with zero attached hydrogens (tertiary/aromatic N) is 1. The summed E-state index contributed by atoms with van der Waals surface area (Å²) in [4.78, 5) is 34.1. The van der Waals surface area contributed by atoms with Gasteiger partial charge in [-0.3, -0.25) is 10.1 Å². The number of methoxy groups -OCH3 is 2. The number of thiophene rings is 1. The van der Waals surface area contributed by atoms with Crippen LogP contribution in [0.5, 0.6) is 0 Å². The molecule has 0 saturated heterocycles. The molecule has 0 atom stereocenters. The molecule has 2 aromatic rings. The fourth-order valence-electron chi connectivity index (χ4n) is 2.23. The monoisotopic (exact) mass is 427 g/mol. The van der Waals surface area contributed by atoms with Crippen LogP contribution in [-0.4, -0.2) is 36.2 Å². The quantitative estimate of drug-likeness (QED) is 0.320. The standard InChI is InChI=1S/C16H14FN3O6S2/c1-7-11(14(21)25-2)13(28-12(7)15(22)26-3)19-16(27)18-8-4-5-9(17)10(6-8)20(23)24/h4-6H,1-3H3,(H2,18,19,27). The third-order valence-electron chi connectivity index (χ3n) is 3.53. The number of halogens is 1. The maximum absolute atomic E-state index is 13.4. The minimum atomic E-state index is -0.987. The van der Waals surface area contributed by atoms with Gasteiger partial charge in [0.05, 0.1) is 24.7 Å². The van der Waals surface area contributed by atoms with Gasteiger partial charge in [0.1, 0.15) is 9.88 Å². The van der Waals surface area contributed by atoms with Crippen LogP contribution >= 0.6 is 23.6 Å². The van der Waals surface area contributed by atoms with Crippen LogP contribution in [0.4, 0.5) is 20.8 Å². The number of nitro groups is 1. The summed E-state index contributed by atoms with van der Waals surface area (Å²) in [5, 5.41) is 16.4. The largest absolute Gasteiger partial charge is 0.465 e. The number of nitro benzene ring substituents is 1. The first-order valence-electron chi connectivity index (χ1n) is 7.51. The second kappa shape index (κ2) is 8.71. The lowest BCUT2D eigenvalue weighted by Crippen LogP contribution is -2.20. The molecule has 0 aliphatic rings. The molecule has 1 heterocycles. The Morgan fingerprint density at radius 2 is 1.86 bits per heavy atom. The summed E-state index contributed by atoms with van der Waals surface area (Å²) in [6.07, 6.45) is 0. The predicted molar refractivity (Wildman–Crippen MR) is 105 cm³/mol. The van der Waals surface area contributed by atoms with Gasteiger partial charge in [0, 0.05) is 11.8 Å². The van der Waals surface area contributed by atoms with Crippen LogP contribution in [0.2, 0.25) is 0 Å². The number of carbonyl (C=O) groups is 2. The van der Waals surface area contributed by atoms with Crippen LogP contribution in [0.15, 0.2) is 18.2 Å². The first kappa shape index (κ1) is 21.2. The van der Waals surface area contributed by atoms with E-state index in [1.165, 1.54) is 20.3 Å². The number of anilines is 2. The molecule has 0 amide bonds. The zero-order valence-corrected chi connectivity index (χ0v) is 16.5. The molecule has 0 fully saturated rings. The normalized spacial score (nSPS) is 10.1. The molecule has 1 aromatic carbocycles. The van der Waals surface area contributed by atoms with Crippen molar-refractivity contribution in [2.75, 3.05) is 24.9 Å². The van der Waals surface area contributed by atoms with E-state index in [-0.39, 0.29) is 26.2 Å². The van der Waals surface area contributed by atoms with E-state index in [1.807, 2.05) is 0 Å². The number of esters is 2. The molecule has 0 aliphatic carbocycles. The number of ether oxygens (including phenoxy) is 2. The fourth-order valence-corrected chi connectivity index (χ4v) is 3.63. The highest BCUT2D eigenvalue weighted by molar-refractivity contribution is 7.80. The van der Waals surface area contributed by atoms with Crippen molar-refractivity contribution in [2.24, 2.45) is 0 Å². The van der Waals surface area contributed by atoms with Gasteiger partial charge in [-0.1, -0.05) is 0 Å². The van der Waals surface area contributed by atoms with Crippen molar-refractivity contribution in [3.05, 3.63) is 50.1 Å². The third kappa shape index (κ3) is 4.40. The van der Waals surface area contributed by atoms with Crippen LogP contribution in [0.1, 0.15) is 25.6 Å². The summed E-state index contributed by atoms with van der Waals surface area (Å²) in [6, 6.07) is 3.16. The number of rotatable bonds is 5. The van der Waals surface area contributed by atoms with E-state index in [0.717, 1.165) is 23.5 Å². The van der Waals surface area contributed by atoms with E-state index in [4.69, 9.17) is 17.0 Å². The highest BCUT2D eigenvalue weighted by atomic mass is 32.1. The van der Waals surface area contributed by atoms with Crippen LogP contribution in [-0.2, 0) is 9.47 Å². The van der Waals surface area contributed by atoms with E-state index in [0.29, 0.717) is 5.56 Å². The van der Waals surface area contributed by atoms with E-state index >= 15 is 0 Å². The van der Waals surface area contributed by atoms with Gasteiger partial charge in [-0.2, -0.15) is 4.39 Å². The number of thiocarbonyl (C=S) groups is 1. The van der Waals surface area contributed by atoms with Crippen molar-refractivity contribution in [2.45, 2.75) is 6.92 Å². The molecule has 0 unspecified atom stereocenters. The van der Waals surface area contributed by atoms with Gasteiger partial charge in [0.2, 0.25) is 5.82 Å². The van der Waals surface area contributed by atoms with Gasteiger partial charge in [0.15, 0.2) is 5.11 Å². The zero-order chi connectivity index (χ0) is 21.0. The lowest BCUT2D eigenvalue weighted by atomic mass is 10.1. The smallest absolute Gasteiger partial charge is 0.348 e. The first-order chi connectivity index (χ1) is 13.2. The fraction of sp³-hybridized carbons (Fsp3) is 0.188. The average molecular weight is 427 g/mol. The van der Waals surface area contributed by atoms with Gasteiger partial charge in [-0.25, -0.2) is 9.59 Å². The topological polar surface area (TPSA) is 120 Å². The van der Waals surface area contributed by atoms with Crippen LogP contribution in [0.25, 0.3) is 0 Å². The number of hydrogen-bond donors (Lipinski definition) is 2. The van der Waals surface area contributed by atoms with E-state index in [2.05, 4.69) is 15.4 Å². The Labute approximate surface area is 167 Å². The summed E-state index contributed by atoms with van der Waals surface area (Å²) in [7, 11) is 2.40. The molecule has 0 aliphatic heterocycles. The van der Waals surface area contributed by atoms with Gasteiger partial charge < -0.3 is 20.1 Å². The highest BCUT2D eigenvalue weighted by Gasteiger charge is 2.26. The molecule has 0 saturated carbocycles. The molecule has 2 N–H and O–H groups in total. The van der Waals surface area contributed by atoms with E-state index < -0.39 is 28.4 Å². The SMILES string of the molecule is COC(=O)c1sc(NC(=S)Nc2ccc(F)c([N+](=O)[O-])c2)c(C(=O)OC)c1C. The summed E-state index contributed by atoms with van der Waals surface area (Å²) >= 11 is 6.07. The first-order valence-corrected chi connectivity index (χ1v) is 8.74. The Balaban J connectivity index is 2.31. The number of nitrogens with one attached hydrogen (secondary N) is 2. The average Bonchev–Trinajstić information content (AvgIpc) is 2.97. The lowest BCUT2D eigenvalue weighted by molar-refractivity contribution is -0.387. The predicted octanol–water partition coefficient (Wildman–Crippen LogP) is 3.49. The van der Waals surface area contributed by atoms with Gasteiger partial charge in [-0.15, -0.1) is 11.3 Å². The molecule has 0 bridgehead atoms. The summed E-state index contributed by atoms with van der Waals surface area (Å²) in [5.74, 6) is -2.31. The Morgan fingerprint density at radius 1 is 1.21 bits per heavy atom. The molecule has 0 radical (unpaired) electrons. The van der Waals surface area contributed by atoms with Crippen molar-refractivity contribution in [1.29, 1.82) is 0 Å². The van der Waals surface area contributed by atoms with Crippen molar-refractivity contribution in [1.82, 2.24) is 0 Å². The summed E-state index contributed by atoms with van der Waals surface area (Å²) < 4.78 is 22.9. The second-order valence-corrected chi connectivity index (χ2v) is 6.67. The third-order valence-corrected chi connectivity index (χ3v) is 4.93. The van der Waals surface area contributed by atoms with Gasteiger partial charge in [0.25, 0.3) is 0 Å². The van der Waals surface area contributed by atoms with Crippen molar-refractivity contribution in [3.63, 3.8) is 0 Å². The molecular weight excluding hydrogens is 413 g/mol. The van der Waals surface area contributed by atoms with Gasteiger partial charge >= 0.3 is 17.6 Å². The van der Waals surface area contributed by atoms with E-state index in [9.17, 15) is 24.1 Å². The lowest BCUT2D eigenvalue weighted by Gasteiger charge is -2.10. The number of hydrogen-bond acceptors (Lipinski definition) is 8. The molecule has 148 valence electrons. The minimum Gasteiger partial charge on any atom is -0.465 e. The molecule has 28 heavy (non-hydrogen) atoms. The molecule has 1 aromatic heterocycles. The maximum atomic E-state index is 13.4. The molecule has 0 spiro atoms. The Morgan fingerprint density at radius 3 is 2.43 bits per heavy atom. The maximum Gasteiger partial charge on any atom is 0.348 e. The van der Waals surface area contributed by atoms with Crippen LogP contribution in [0, 0.1) is 22.9 Å². The van der Waals surface area contributed by atoms with E-state index in [1.54, 1.807) is 6.92 Å². The highest BCUT2D eigenvalue weighted by Crippen LogP contribution is 2.34. The van der Waals surface area contributed by atoms with Crippen LogP contribution in [0.3, 0.4) is 0 Å².